The Morgan fingerprint density at radius 3 is 2.72 bits per heavy atom. The first-order valence-corrected chi connectivity index (χ1v) is 7.96. The lowest BCUT2D eigenvalue weighted by Gasteiger charge is -2.19. The zero-order valence-corrected chi connectivity index (χ0v) is 12.1. The highest BCUT2D eigenvalue weighted by Gasteiger charge is 2.23. The summed E-state index contributed by atoms with van der Waals surface area (Å²) in [6, 6.07) is 4.99. The molecule has 2 rings (SSSR count). The Morgan fingerprint density at radius 2 is 2.11 bits per heavy atom. The molecule has 1 heterocycles. The summed E-state index contributed by atoms with van der Waals surface area (Å²) in [5.41, 5.74) is 0.863. The average Bonchev–Trinajstić information content (AvgIpc) is 2.61. The van der Waals surface area contributed by atoms with Crippen LogP contribution in [0.5, 0.6) is 0 Å². The standard InChI is InChI=1S/C12H13Cl2NO2S/c1-8(11-6-9(13)2-3-12(11)14)15-10-4-5-18(16,17)7-10/h2-6,8,10,15H,7H2,1H3. The van der Waals surface area contributed by atoms with Crippen molar-refractivity contribution in [3.63, 3.8) is 0 Å². The summed E-state index contributed by atoms with van der Waals surface area (Å²) in [6.07, 6.45) is 1.66. The van der Waals surface area contributed by atoms with E-state index in [1.807, 2.05) is 6.92 Å². The number of hydrogen-bond donors (Lipinski definition) is 1. The Labute approximate surface area is 117 Å². The van der Waals surface area contributed by atoms with E-state index in [2.05, 4.69) is 5.32 Å². The molecule has 1 aliphatic heterocycles. The van der Waals surface area contributed by atoms with Gasteiger partial charge in [-0.2, -0.15) is 0 Å². The van der Waals surface area contributed by atoms with Crippen molar-refractivity contribution >= 4 is 33.0 Å². The van der Waals surface area contributed by atoms with Gasteiger partial charge in [-0.3, -0.25) is 0 Å². The van der Waals surface area contributed by atoms with Gasteiger partial charge in [0, 0.05) is 27.5 Å². The van der Waals surface area contributed by atoms with E-state index in [1.54, 1.807) is 24.3 Å². The van der Waals surface area contributed by atoms with Gasteiger partial charge in [-0.1, -0.05) is 29.3 Å². The van der Waals surface area contributed by atoms with Gasteiger partial charge in [0.25, 0.3) is 0 Å². The molecule has 1 aromatic rings. The Hall–Kier alpha value is -0.550. The lowest BCUT2D eigenvalue weighted by molar-refractivity contribution is 0.535. The lowest BCUT2D eigenvalue weighted by atomic mass is 10.1. The molecule has 1 aromatic carbocycles. The molecule has 0 bridgehead atoms. The van der Waals surface area contributed by atoms with Crippen LogP contribution in [0.1, 0.15) is 18.5 Å². The first-order valence-electron chi connectivity index (χ1n) is 5.49. The van der Waals surface area contributed by atoms with Crippen LogP contribution in [0.2, 0.25) is 10.0 Å². The van der Waals surface area contributed by atoms with Crippen LogP contribution in [0.3, 0.4) is 0 Å². The molecular formula is C12H13Cl2NO2S. The summed E-state index contributed by atoms with van der Waals surface area (Å²) >= 11 is 12.0. The maximum absolute atomic E-state index is 11.3. The second-order valence-corrected chi connectivity index (χ2v) is 7.09. The van der Waals surface area contributed by atoms with Gasteiger partial charge < -0.3 is 5.32 Å². The van der Waals surface area contributed by atoms with Crippen LogP contribution in [-0.2, 0) is 9.84 Å². The van der Waals surface area contributed by atoms with Crippen LogP contribution in [0.15, 0.2) is 29.7 Å². The molecule has 0 saturated carbocycles. The third kappa shape index (κ3) is 3.26. The molecule has 2 atom stereocenters. The number of nitrogens with one attached hydrogen (secondary N) is 1. The van der Waals surface area contributed by atoms with Crippen molar-refractivity contribution in [3.8, 4) is 0 Å². The Bertz CT molecular complexity index is 584. The van der Waals surface area contributed by atoms with E-state index in [0.717, 1.165) is 5.56 Å². The molecule has 0 fully saturated rings. The number of sulfone groups is 1. The number of halogens is 2. The Kier molecular flexibility index (Phi) is 4.02. The quantitative estimate of drug-likeness (QED) is 0.934. The van der Waals surface area contributed by atoms with Gasteiger partial charge in [-0.15, -0.1) is 0 Å². The van der Waals surface area contributed by atoms with Crippen molar-refractivity contribution in [2.75, 3.05) is 5.75 Å². The minimum Gasteiger partial charge on any atom is -0.303 e. The second-order valence-electron chi connectivity index (χ2n) is 4.32. The van der Waals surface area contributed by atoms with Crippen LogP contribution < -0.4 is 5.32 Å². The predicted octanol–water partition coefficient (Wildman–Crippen LogP) is 2.95. The topological polar surface area (TPSA) is 46.2 Å². The van der Waals surface area contributed by atoms with E-state index in [0.29, 0.717) is 10.0 Å². The zero-order chi connectivity index (χ0) is 13.3. The van der Waals surface area contributed by atoms with Gasteiger partial charge in [0.15, 0.2) is 9.84 Å². The van der Waals surface area contributed by atoms with Crippen LogP contribution in [0, 0.1) is 0 Å². The number of hydrogen-bond acceptors (Lipinski definition) is 3. The largest absolute Gasteiger partial charge is 0.303 e. The number of benzene rings is 1. The molecule has 6 heteroatoms. The maximum atomic E-state index is 11.3. The van der Waals surface area contributed by atoms with E-state index in [4.69, 9.17) is 23.2 Å². The van der Waals surface area contributed by atoms with Gasteiger partial charge in [-0.05, 0) is 30.7 Å². The summed E-state index contributed by atoms with van der Waals surface area (Å²) < 4.78 is 22.6. The summed E-state index contributed by atoms with van der Waals surface area (Å²) in [4.78, 5) is 0. The Morgan fingerprint density at radius 1 is 1.39 bits per heavy atom. The first-order chi connectivity index (χ1) is 8.37. The van der Waals surface area contributed by atoms with Crippen molar-refractivity contribution in [1.82, 2.24) is 5.32 Å². The summed E-state index contributed by atoms with van der Waals surface area (Å²) in [5, 5.41) is 5.68. The third-order valence-corrected chi connectivity index (χ3v) is 4.79. The molecule has 1 N–H and O–H groups in total. The lowest BCUT2D eigenvalue weighted by Crippen LogP contribution is -2.32. The van der Waals surface area contributed by atoms with Gasteiger partial charge in [0.2, 0.25) is 0 Å². The summed E-state index contributed by atoms with van der Waals surface area (Å²) in [7, 11) is -3.04. The molecule has 0 radical (unpaired) electrons. The van der Waals surface area contributed by atoms with Crippen LogP contribution in [0.4, 0.5) is 0 Å². The average molecular weight is 306 g/mol. The molecule has 1 aliphatic rings. The minimum absolute atomic E-state index is 0.0702. The van der Waals surface area contributed by atoms with Gasteiger partial charge in [-0.25, -0.2) is 8.42 Å². The Balaban J connectivity index is 2.11. The van der Waals surface area contributed by atoms with E-state index in [9.17, 15) is 8.42 Å². The molecule has 3 nitrogen and oxygen atoms in total. The van der Waals surface area contributed by atoms with Gasteiger partial charge in [0.1, 0.15) is 0 Å². The smallest absolute Gasteiger partial charge is 0.173 e. The first kappa shape index (κ1) is 13.9. The molecule has 0 spiro atoms. The fraction of sp³-hybridized carbons (Fsp3) is 0.333. The second kappa shape index (κ2) is 5.21. The fourth-order valence-electron chi connectivity index (χ4n) is 1.94. The van der Waals surface area contributed by atoms with Crippen LogP contribution in [-0.4, -0.2) is 20.2 Å². The molecule has 98 valence electrons. The minimum atomic E-state index is -3.04. The van der Waals surface area contributed by atoms with E-state index >= 15 is 0 Å². The zero-order valence-electron chi connectivity index (χ0n) is 9.73. The SMILES string of the molecule is CC(NC1C=CS(=O)(=O)C1)c1cc(Cl)ccc1Cl. The van der Waals surface area contributed by atoms with E-state index in [-0.39, 0.29) is 17.8 Å². The fourth-order valence-corrected chi connectivity index (χ4v) is 3.65. The highest BCUT2D eigenvalue weighted by atomic mass is 35.5. The van der Waals surface area contributed by atoms with E-state index in [1.165, 1.54) is 5.41 Å². The van der Waals surface area contributed by atoms with Gasteiger partial charge in [0.05, 0.1) is 5.75 Å². The van der Waals surface area contributed by atoms with Crippen LogP contribution in [0.25, 0.3) is 0 Å². The van der Waals surface area contributed by atoms with Crippen molar-refractivity contribution in [2.24, 2.45) is 0 Å². The van der Waals surface area contributed by atoms with Crippen molar-refractivity contribution in [1.29, 1.82) is 0 Å². The number of rotatable bonds is 3. The van der Waals surface area contributed by atoms with Crippen LogP contribution >= 0.6 is 23.2 Å². The highest BCUT2D eigenvalue weighted by Crippen LogP contribution is 2.27. The van der Waals surface area contributed by atoms with Crippen molar-refractivity contribution in [3.05, 3.63) is 45.3 Å². The van der Waals surface area contributed by atoms with Gasteiger partial charge >= 0.3 is 0 Å². The normalized spacial score (nSPS) is 23.2. The maximum Gasteiger partial charge on any atom is 0.173 e. The molecule has 0 aromatic heterocycles. The van der Waals surface area contributed by atoms with E-state index < -0.39 is 9.84 Å². The van der Waals surface area contributed by atoms with Crippen molar-refractivity contribution < 1.29 is 8.42 Å². The summed E-state index contributed by atoms with van der Waals surface area (Å²) in [6.45, 7) is 1.93. The molecule has 0 aliphatic carbocycles. The third-order valence-electron chi connectivity index (χ3n) is 2.82. The predicted molar refractivity (Wildman–Crippen MR) is 74.7 cm³/mol. The molecule has 2 unspecified atom stereocenters. The molecule has 0 amide bonds. The molecular weight excluding hydrogens is 293 g/mol. The summed E-state index contributed by atoms with van der Waals surface area (Å²) in [5.74, 6) is 0.0928. The van der Waals surface area contributed by atoms with Crippen molar-refractivity contribution in [2.45, 2.75) is 19.0 Å². The monoisotopic (exact) mass is 305 g/mol. The highest BCUT2D eigenvalue weighted by molar-refractivity contribution is 7.94. The molecule has 0 saturated heterocycles. The molecule has 18 heavy (non-hydrogen) atoms.